The van der Waals surface area contributed by atoms with Crippen LogP contribution >= 0.6 is 0 Å². The summed E-state index contributed by atoms with van der Waals surface area (Å²) in [7, 11) is 1.62. The molecule has 0 amide bonds. The molecule has 3 nitrogen and oxygen atoms in total. The summed E-state index contributed by atoms with van der Waals surface area (Å²) in [6.45, 7) is 10.7. The van der Waals surface area contributed by atoms with Crippen LogP contribution < -0.4 is 0 Å². The van der Waals surface area contributed by atoms with Crippen molar-refractivity contribution in [2.24, 2.45) is 17.8 Å². The quantitative estimate of drug-likeness (QED) is 0.323. The van der Waals surface area contributed by atoms with E-state index in [1.54, 1.807) is 7.11 Å². The standard InChI is InChI=1S/C20H38O3/c1-7-8-9-10-11-12-13-14-17(4)19(21)18(5)20(16(2)3)23-15-22-6/h16-21H,7-12,15H2,1-6H3/t17-,18+,19+,20-/m0/s1. The zero-order valence-corrected chi connectivity index (χ0v) is 16.1. The van der Waals surface area contributed by atoms with Gasteiger partial charge in [0.1, 0.15) is 6.79 Å². The van der Waals surface area contributed by atoms with E-state index in [1.165, 1.54) is 25.7 Å². The topological polar surface area (TPSA) is 38.7 Å². The Kier molecular flexibility index (Phi) is 13.5. The third-order valence-corrected chi connectivity index (χ3v) is 4.34. The molecule has 4 atom stereocenters. The van der Waals surface area contributed by atoms with Gasteiger partial charge in [0.25, 0.3) is 0 Å². The van der Waals surface area contributed by atoms with Crippen molar-refractivity contribution in [1.82, 2.24) is 0 Å². The Morgan fingerprint density at radius 3 is 2.22 bits per heavy atom. The van der Waals surface area contributed by atoms with Crippen LogP contribution in [0.3, 0.4) is 0 Å². The van der Waals surface area contributed by atoms with Gasteiger partial charge in [-0.3, -0.25) is 0 Å². The maximum Gasteiger partial charge on any atom is 0.146 e. The normalized spacial score (nSPS) is 16.5. The van der Waals surface area contributed by atoms with Gasteiger partial charge in [0.05, 0.1) is 12.2 Å². The first-order valence-electron chi connectivity index (χ1n) is 9.22. The second-order valence-corrected chi connectivity index (χ2v) is 6.91. The summed E-state index contributed by atoms with van der Waals surface area (Å²) in [6.07, 6.45) is 6.75. The number of hydrogen-bond donors (Lipinski definition) is 1. The SMILES string of the molecule is CCCCCCCC#C[C@H](C)[C@@H](O)[C@@H](C)[C@@H](OCOC)C(C)C. The van der Waals surface area contributed by atoms with E-state index in [9.17, 15) is 5.11 Å². The van der Waals surface area contributed by atoms with Crippen molar-refractivity contribution >= 4 is 0 Å². The average Bonchev–Trinajstić information content (AvgIpc) is 2.52. The molecule has 3 heteroatoms. The van der Waals surface area contributed by atoms with E-state index in [2.05, 4.69) is 32.6 Å². The van der Waals surface area contributed by atoms with Crippen LogP contribution in [-0.2, 0) is 9.47 Å². The summed E-state index contributed by atoms with van der Waals surface area (Å²) >= 11 is 0. The van der Waals surface area contributed by atoms with Crippen LogP contribution in [0, 0.1) is 29.6 Å². The number of rotatable bonds is 12. The first-order chi connectivity index (χ1) is 11.0. The number of aliphatic hydroxyl groups is 1. The number of unbranched alkanes of at least 4 members (excludes halogenated alkanes) is 5. The van der Waals surface area contributed by atoms with Crippen molar-refractivity contribution in [3.8, 4) is 11.8 Å². The fourth-order valence-electron chi connectivity index (χ4n) is 2.88. The highest BCUT2D eigenvalue weighted by Crippen LogP contribution is 2.24. The molecule has 0 aromatic carbocycles. The molecule has 0 heterocycles. The molecule has 0 aliphatic rings. The van der Waals surface area contributed by atoms with Crippen molar-refractivity contribution in [3.05, 3.63) is 0 Å². The Morgan fingerprint density at radius 2 is 1.65 bits per heavy atom. The molecule has 0 aromatic heterocycles. The van der Waals surface area contributed by atoms with Crippen molar-refractivity contribution in [2.75, 3.05) is 13.9 Å². The van der Waals surface area contributed by atoms with Gasteiger partial charge in [-0.15, -0.1) is 5.92 Å². The molecule has 136 valence electrons. The third-order valence-electron chi connectivity index (χ3n) is 4.34. The Morgan fingerprint density at radius 1 is 1.00 bits per heavy atom. The van der Waals surface area contributed by atoms with Gasteiger partial charge in [0.15, 0.2) is 0 Å². The molecule has 23 heavy (non-hydrogen) atoms. The first-order valence-corrected chi connectivity index (χ1v) is 9.22. The van der Waals surface area contributed by atoms with E-state index in [0.29, 0.717) is 5.92 Å². The summed E-state index contributed by atoms with van der Waals surface area (Å²) in [5, 5.41) is 10.6. The smallest absolute Gasteiger partial charge is 0.146 e. The second kappa shape index (κ2) is 13.8. The molecule has 0 fully saturated rings. The van der Waals surface area contributed by atoms with E-state index >= 15 is 0 Å². The van der Waals surface area contributed by atoms with Gasteiger partial charge in [0.2, 0.25) is 0 Å². The van der Waals surface area contributed by atoms with E-state index in [0.717, 1.165) is 12.8 Å². The molecule has 0 radical (unpaired) electrons. The molecule has 0 bridgehead atoms. The lowest BCUT2D eigenvalue weighted by molar-refractivity contribution is -0.125. The Labute approximate surface area is 144 Å². The molecule has 0 spiro atoms. The molecule has 1 N–H and O–H groups in total. The Bertz CT molecular complexity index is 330. The van der Waals surface area contributed by atoms with Crippen LogP contribution in [0.25, 0.3) is 0 Å². The van der Waals surface area contributed by atoms with Crippen LogP contribution in [0.1, 0.15) is 73.1 Å². The largest absolute Gasteiger partial charge is 0.391 e. The fourth-order valence-corrected chi connectivity index (χ4v) is 2.88. The van der Waals surface area contributed by atoms with Crippen molar-refractivity contribution in [1.29, 1.82) is 0 Å². The van der Waals surface area contributed by atoms with Gasteiger partial charge in [-0.2, -0.15) is 0 Å². The molecule has 0 aromatic rings. The van der Waals surface area contributed by atoms with Crippen LogP contribution in [-0.4, -0.2) is 31.2 Å². The maximum atomic E-state index is 10.6. The lowest BCUT2D eigenvalue weighted by Gasteiger charge is -2.32. The first kappa shape index (κ1) is 22.4. The summed E-state index contributed by atoms with van der Waals surface area (Å²) < 4.78 is 10.7. The minimum atomic E-state index is -0.480. The molecule has 0 saturated heterocycles. The van der Waals surface area contributed by atoms with Gasteiger partial charge < -0.3 is 14.6 Å². The van der Waals surface area contributed by atoms with E-state index in [4.69, 9.17) is 9.47 Å². The zero-order chi connectivity index (χ0) is 17.7. The lowest BCUT2D eigenvalue weighted by atomic mass is 9.85. The third kappa shape index (κ3) is 10.0. The van der Waals surface area contributed by atoms with E-state index in [1.807, 2.05) is 13.8 Å². The van der Waals surface area contributed by atoms with Gasteiger partial charge in [-0.1, -0.05) is 59.3 Å². The Balaban J connectivity index is 4.31. The van der Waals surface area contributed by atoms with Crippen molar-refractivity contribution in [3.63, 3.8) is 0 Å². The van der Waals surface area contributed by atoms with Gasteiger partial charge in [-0.05, 0) is 19.3 Å². The number of hydrogen-bond acceptors (Lipinski definition) is 3. The molecule has 0 rings (SSSR count). The highest BCUT2D eigenvalue weighted by Gasteiger charge is 2.30. The van der Waals surface area contributed by atoms with Gasteiger partial charge in [-0.25, -0.2) is 0 Å². The monoisotopic (exact) mass is 326 g/mol. The van der Waals surface area contributed by atoms with E-state index < -0.39 is 6.10 Å². The lowest BCUT2D eigenvalue weighted by Crippen LogP contribution is -2.38. The molecule has 0 aliphatic carbocycles. The minimum Gasteiger partial charge on any atom is -0.391 e. The summed E-state index contributed by atoms with van der Waals surface area (Å²) in [6, 6.07) is 0. The minimum absolute atomic E-state index is 0.0248. The zero-order valence-electron chi connectivity index (χ0n) is 16.1. The highest BCUT2D eigenvalue weighted by atomic mass is 16.7. The summed E-state index contributed by atoms with van der Waals surface area (Å²) in [5.74, 6) is 6.77. The second-order valence-electron chi connectivity index (χ2n) is 6.91. The van der Waals surface area contributed by atoms with Crippen molar-refractivity contribution < 1.29 is 14.6 Å². The van der Waals surface area contributed by atoms with Crippen LogP contribution in [0.15, 0.2) is 0 Å². The maximum absolute atomic E-state index is 10.6. The predicted molar refractivity (Wildman–Crippen MR) is 97.1 cm³/mol. The van der Waals surface area contributed by atoms with Gasteiger partial charge >= 0.3 is 0 Å². The van der Waals surface area contributed by atoms with E-state index in [-0.39, 0.29) is 24.7 Å². The molecular weight excluding hydrogens is 288 g/mol. The highest BCUT2D eigenvalue weighted by molar-refractivity contribution is 5.05. The van der Waals surface area contributed by atoms with Gasteiger partial charge in [0, 0.05) is 25.4 Å². The average molecular weight is 327 g/mol. The molecule has 0 unspecified atom stereocenters. The van der Waals surface area contributed by atoms with Crippen LogP contribution in [0.2, 0.25) is 0 Å². The summed E-state index contributed by atoms with van der Waals surface area (Å²) in [5.41, 5.74) is 0. The predicted octanol–water partition coefficient (Wildman–Crippen LogP) is 4.63. The molecule has 0 saturated carbocycles. The van der Waals surface area contributed by atoms with Crippen molar-refractivity contribution in [2.45, 2.75) is 85.4 Å². The number of aliphatic hydroxyl groups excluding tert-OH is 1. The fraction of sp³-hybridized carbons (Fsp3) is 0.900. The van der Waals surface area contributed by atoms with Crippen LogP contribution in [0.5, 0.6) is 0 Å². The summed E-state index contributed by atoms with van der Waals surface area (Å²) in [4.78, 5) is 0. The van der Waals surface area contributed by atoms with Crippen LogP contribution in [0.4, 0.5) is 0 Å². The number of ether oxygens (including phenoxy) is 2. The number of methoxy groups -OCH3 is 1. The molecule has 0 aliphatic heterocycles. The Hall–Kier alpha value is -0.560. The molecular formula is C20H38O3.